The molecule has 1 aliphatic carbocycles. The number of nitrogens with zero attached hydrogens (tertiary/aromatic N) is 3. The van der Waals surface area contributed by atoms with Gasteiger partial charge in [0.15, 0.2) is 5.82 Å². The number of anilines is 1. The number of H-pyrrole nitrogens is 1. The standard InChI is InChI=1S/C21H24FN5O/c1-14-17(13-23-27(14)19-10-6-5-9-18(19)22)21(28)24-20-12-16(25-26-20)11-15-7-3-2-4-8-15/h5-6,9-10,12-13,15H,2-4,7-8,11H2,1H3,(H2,24,25,26,28). The van der Waals surface area contributed by atoms with Crippen LogP contribution in [0.3, 0.4) is 0 Å². The van der Waals surface area contributed by atoms with Gasteiger partial charge in [0.1, 0.15) is 11.5 Å². The van der Waals surface area contributed by atoms with E-state index >= 15 is 0 Å². The molecule has 4 rings (SSSR count). The molecule has 0 aliphatic heterocycles. The highest BCUT2D eigenvalue weighted by molar-refractivity contribution is 6.04. The maximum Gasteiger partial charge on any atom is 0.260 e. The Morgan fingerprint density at radius 2 is 2.07 bits per heavy atom. The van der Waals surface area contributed by atoms with E-state index in [-0.39, 0.29) is 11.7 Å². The van der Waals surface area contributed by atoms with Crippen LogP contribution in [0.15, 0.2) is 36.5 Å². The Labute approximate surface area is 163 Å². The van der Waals surface area contributed by atoms with E-state index in [1.165, 1.54) is 49.0 Å². The molecule has 2 N–H and O–H groups in total. The molecular formula is C21H24FN5O. The van der Waals surface area contributed by atoms with Gasteiger partial charge in [0.25, 0.3) is 5.91 Å². The molecule has 0 bridgehead atoms. The van der Waals surface area contributed by atoms with Crippen molar-refractivity contribution >= 4 is 11.7 Å². The number of amides is 1. The van der Waals surface area contributed by atoms with Gasteiger partial charge in [-0.05, 0) is 31.4 Å². The van der Waals surface area contributed by atoms with Crippen LogP contribution in [0.5, 0.6) is 0 Å². The van der Waals surface area contributed by atoms with Crippen molar-refractivity contribution in [3.8, 4) is 5.69 Å². The summed E-state index contributed by atoms with van der Waals surface area (Å²) in [6.45, 7) is 1.74. The highest BCUT2D eigenvalue weighted by atomic mass is 19.1. The molecule has 0 saturated heterocycles. The topological polar surface area (TPSA) is 75.6 Å². The first-order chi connectivity index (χ1) is 13.6. The van der Waals surface area contributed by atoms with Crippen molar-refractivity contribution in [3.05, 3.63) is 59.3 Å². The van der Waals surface area contributed by atoms with E-state index in [1.54, 1.807) is 25.1 Å². The second-order valence-corrected chi connectivity index (χ2v) is 7.45. The second-order valence-electron chi connectivity index (χ2n) is 7.45. The summed E-state index contributed by atoms with van der Waals surface area (Å²) in [5, 5.41) is 14.2. The first kappa shape index (κ1) is 18.4. The third-order valence-corrected chi connectivity index (χ3v) is 5.44. The SMILES string of the molecule is Cc1c(C(=O)Nc2cc(CC3CCCCC3)[nH]n2)cnn1-c1ccccc1F. The third kappa shape index (κ3) is 3.83. The molecule has 1 saturated carbocycles. The largest absolute Gasteiger partial charge is 0.305 e. The van der Waals surface area contributed by atoms with E-state index in [9.17, 15) is 9.18 Å². The van der Waals surface area contributed by atoms with Gasteiger partial charge in [0.05, 0.1) is 17.5 Å². The van der Waals surface area contributed by atoms with Crippen molar-refractivity contribution in [2.75, 3.05) is 5.32 Å². The van der Waals surface area contributed by atoms with Gasteiger partial charge < -0.3 is 5.32 Å². The number of para-hydroxylation sites is 1. The van der Waals surface area contributed by atoms with Crippen LogP contribution >= 0.6 is 0 Å². The number of hydrogen-bond donors (Lipinski definition) is 2. The minimum absolute atomic E-state index is 0.309. The zero-order valence-electron chi connectivity index (χ0n) is 15.9. The van der Waals surface area contributed by atoms with Gasteiger partial charge in [-0.15, -0.1) is 0 Å². The summed E-state index contributed by atoms with van der Waals surface area (Å²) in [5.41, 5.74) is 2.32. The number of nitrogens with one attached hydrogen (secondary N) is 2. The fourth-order valence-electron chi connectivity index (χ4n) is 3.92. The number of rotatable bonds is 5. The smallest absolute Gasteiger partial charge is 0.260 e. The van der Waals surface area contributed by atoms with Crippen molar-refractivity contribution < 1.29 is 9.18 Å². The molecule has 2 heterocycles. The second kappa shape index (κ2) is 7.96. The molecule has 7 heteroatoms. The van der Waals surface area contributed by atoms with E-state index in [0.29, 0.717) is 28.7 Å². The monoisotopic (exact) mass is 381 g/mol. The van der Waals surface area contributed by atoms with Crippen LogP contribution in [0.25, 0.3) is 5.69 Å². The van der Waals surface area contributed by atoms with Crippen LogP contribution in [-0.2, 0) is 6.42 Å². The molecule has 3 aromatic rings. The van der Waals surface area contributed by atoms with Gasteiger partial charge in [0.2, 0.25) is 0 Å². The first-order valence-corrected chi connectivity index (χ1v) is 9.77. The molecule has 28 heavy (non-hydrogen) atoms. The van der Waals surface area contributed by atoms with E-state index in [1.807, 2.05) is 6.07 Å². The average Bonchev–Trinajstić information content (AvgIpc) is 3.29. The zero-order valence-corrected chi connectivity index (χ0v) is 15.9. The summed E-state index contributed by atoms with van der Waals surface area (Å²) in [4.78, 5) is 12.7. The van der Waals surface area contributed by atoms with E-state index in [0.717, 1.165) is 12.1 Å². The summed E-state index contributed by atoms with van der Waals surface area (Å²) in [6, 6.07) is 8.24. The van der Waals surface area contributed by atoms with Crippen LogP contribution < -0.4 is 5.32 Å². The van der Waals surface area contributed by atoms with Crippen LogP contribution in [0.2, 0.25) is 0 Å². The maximum atomic E-state index is 14.0. The van der Waals surface area contributed by atoms with Crippen LogP contribution in [0, 0.1) is 18.7 Å². The highest BCUT2D eigenvalue weighted by Crippen LogP contribution is 2.27. The van der Waals surface area contributed by atoms with Crippen LogP contribution in [0.4, 0.5) is 10.2 Å². The lowest BCUT2D eigenvalue weighted by Gasteiger charge is -2.20. The maximum absolute atomic E-state index is 14.0. The lowest BCUT2D eigenvalue weighted by Crippen LogP contribution is -2.13. The Hall–Kier alpha value is -2.96. The molecule has 1 amide bonds. The fraction of sp³-hybridized carbons (Fsp3) is 0.381. The Bertz CT molecular complexity index is 971. The van der Waals surface area contributed by atoms with Crippen LogP contribution in [-0.4, -0.2) is 25.9 Å². The number of carbonyl (C=O) groups is 1. The lowest BCUT2D eigenvalue weighted by atomic mass is 9.86. The number of aromatic amines is 1. The summed E-state index contributed by atoms with van der Waals surface area (Å²) < 4.78 is 15.5. The molecule has 0 atom stereocenters. The van der Waals surface area contributed by atoms with Gasteiger partial charge in [-0.1, -0.05) is 44.2 Å². The van der Waals surface area contributed by atoms with Crippen molar-refractivity contribution in [3.63, 3.8) is 0 Å². The molecule has 1 aromatic carbocycles. The van der Waals surface area contributed by atoms with Crippen molar-refractivity contribution in [1.29, 1.82) is 0 Å². The van der Waals surface area contributed by atoms with Gasteiger partial charge in [0, 0.05) is 11.8 Å². The fourth-order valence-corrected chi connectivity index (χ4v) is 3.92. The summed E-state index contributed by atoms with van der Waals surface area (Å²) in [5.74, 6) is 0.490. The van der Waals surface area contributed by atoms with Gasteiger partial charge in [-0.3, -0.25) is 9.89 Å². The van der Waals surface area contributed by atoms with Crippen molar-refractivity contribution in [2.24, 2.45) is 5.92 Å². The molecule has 0 unspecified atom stereocenters. The van der Waals surface area contributed by atoms with E-state index < -0.39 is 0 Å². The molecule has 6 nitrogen and oxygen atoms in total. The molecule has 2 aromatic heterocycles. The third-order valence-electron chi connectivity index (χ3n) is 5.44. The summed E-state index contributed by atoms with van der Waals surface area (Å²) in [6.07, 6.45) is 8.87. The average molecular weight is 381 g/mol. The van der Waals surface area contributed by atoms with Crippen molar-refractivity contribution in [2.45, 2.75) is 45.4 Å². The Morgan fingerprint density at radius 3 is 2.86 bits per heavy atom. The normalized spacial score (nSPS) is 14.9. The summed E-state index contributed by atoms with van der Waals surface area (Å²) >= 11 is 0. The minimum Gasteiger partial charge on any atom is -0.305 e. The molecule has 1 fully saturated rings. The molecular weight excluding hydrogens is 357 g/mol. The Kier molecular flexibility index (Phi) is 5.23. The predicted molar refractivity (Wildman–Crippen MR) is 105 cm³/mol. The minimum atomic E-state index is -0.389. The van der Waals surface area contributed by atoms with Crippen LogP contribution in [0.1, 0.15) is 53.8 Å². The highest BCUT2D eigenvalue weighted by Gasteiger charge is 2.19. The van der Waals surface area contributed by atoms with Crippen molar-refractivity contribution in [1.82, 2.24) is 20.0 Å². The van der Waals surface area contributed by atoms with E-state index in [4.69, 9.17) is 0 Å². The zero-order chi connectivity index (χ0) is 19.5. The quantitative estimate of drug-likeness (QED) is 0.687. The molecule has 0 radical (unpaired) electrons. The number of halogens is 1. The predicted octanol–water partition coefficient (Wildman–Crippen LogP) is 4.42. The Balaban J connectivity index is 1.45. The lowest BCUT2D eigenvalue weighted by molar-refractivity contribution is 0.102. The molecule has 1 aliphatic rings. The van der Waals surface area contributed by atoms with E-state index in [2.05, 4.69) is 20.6 Å². The number of hydrogen-bond acceptors (Lipinski definition) is 3. The Morgan fingerprint density at radius 1 is 1.29 bits per heavy atom. The van der Waals surface area contributed by atoms with Gasteiger partial charge in [-0.2, -0.15) is 10.2 Å². The molecule has 0 spiro atoms. The van der Waals surface area contributed by atoms with Gasteiger partial charge in [-0.25, -0.2) is 9.07 Å². The number of aromatic nitrogens is 4. The first-order valence-electron chi connectivity index (χ1n) is 9.77. The van der Waals surface area contributed by atoms with Gasteiger partial charge >= 0.3 is 0 Å². The summed E-state index contributed by atoms with van der Waals surface area (Å²) in [7, 11) is 0. The number of carbonyl (C=O) groups excluding carboxylic acids is 1. The molecule has 146 valence electrons. The number of benzene rings is 1.